The molecule has 0 saturated carbocycles. The summed E-state index contributed by atoms with van der Waals surface area (Å²) in [5, 5.41) is 0. The molecule has 0 spiro atoms. The lowest BCUT2D eigenvalue weighted by Gasteiger charge is -2.29. The van der Waals surface area contributed by atoms with Crippen molar-refractivity contribution in [1.82, 2.24) is 4.90 Å². The zero-order valence-corrected chi connectivity index (χ0v) is 38.8. The van der Waals surface area contributed by atoms with Crippen molar-refractivity contribution in [3.63, 3.8) is 0 Å². The van der Waals surface area contributed by atoms with E-state index in [0.29, 0.717) is 26.1 Å². The van der Waals surface area contributed by atoms with Crippen LogP contribution < -0.4 is 0 Å². The summed E-state index contributed by atoms with van der Waals surface area (Å²) in [5.74, 6) is -0.542. The first kappa shape index (κ1) is 53.8. The van der Waals surface area contributed by atoms with E-state index in [1.165, 1.54) is 122 Å². The van der Waals surface area contributed by atoms with Crippen LogP contribution in [0.5, 0.6) is 0 Å². The van der Waals surface area contributed by atoms with Gasteiger partial charge in [-0.2, -0.15) is 0 Å². The van der Waals surface area contributed by atoms with Gasteiger partial charge in [0.05, 0.1) is 19.3 Å². The van der Waals surface area contributed by atoms with Crippen LogP contribution >= 0.6 is 0 Å². The van der Waals surface area contributed by atoms with E-state index in [1.54, 1.807) is 0 Å². The number of rotatable bonds is 43. The molecule has 1 aliphatic rings. The number of carbonyl (C=O) groups is 2. The topological polar surface area (TPSA) is 74.3 Å². The van der Waals surface area contributed by atoms with E-state index in [2.05, 4.69) is 39.6 Å². The van der Waals surface area contributed by atoms with Crippen LogP contribution in [0.15, 0.2) is 0 Å². The molecule has 0 radical (unpaired) electrons. The standard InChI is InChI=1S/C50H97NO6/c1-6-10-13-16-19-20-21-27-35-44-54-48(52)38-32-28-34-42-50(55-45-47(57-50)40-43-51(5)9-4)41-33-26-22-25-31-39-49(53)56-46(36-29-23-17-14-11-7-2)37-30-24-18-15-12-8-3/h46-47H,6-45H2,1-5H3. The number of hydrogen-bond acceptors (Lipinski definition) is 7. The molecule has 1 heterocycles. The molecule has 0 aromatic heterocycles. The molecule has 0 bridgehead atoms. The minimum atomic E-state index is -0.503. The van der Waals surface area contributed by atoms with E-state index in [0.717, 1.165) is 109 Å². The first-order valence-electron chi connectivity index (χ1n) is 25.2. The molecule has 7 nitrogen and oxygen atoms in total. The van der Waals surface area contributed by atoms with Gasteiger partial charge in [-0.25, -0.2) is 0 Å². The Labute approximate surface area is 354 Å². The van der Waals surface area contributed by atoms with Crippen LogP contribution in [-0.2, 0) is 28.5 Å². The van der Waals surface area contributed by atoms with Crippen molar-refractivity contribution in [2.24, 2.45) is 0 Å². The Morgan fingerprint density at radius 2 is 1.02 bits per heavy atom. The molecule has 57 heavy (non-hydrogen) atoms. The number of esters is 2. The van der Waals surface area contributed by atoms with Gasteiger partial charge in [0.15, 0.2) is 5.79 Å². The Balaban J connectivity index is 2.36. The minimum Gasteiger partial charge on any atom is -0.466 e. The number of nitrogens with zero attached hydrogens (tertiary/aromatic N) is 1. The maximum Gasteiger partial charge on any atom is 0.306 e. The van der Waals surface area contributed by atoms with Gasteiger partial charge in [0, 0.05) is 32.2 Å². The van der Waals surface area contributed by atoms with Gasteiger partial charge in [0.2, 0.25) is 0 Å². The zero-order valence-electron chi connectivity index (χ0n) is 38.8. The molecule has 7 heteroatoms. The maximum atomic E-state index is 12.9. The van der Waals surface area contributed by atoms with Crippen molar-refractivity contribution >= 4 is 11.9 Å². The molecule has 0 aromatic carbocycles. The Morgan fingerprint density at radius 1 is 0.579 bits per heavy atom. The van der Waals surface area contributed by atoms with Crippen LogP contribution in [0.2, 0.25) is 0 Å². The number of ether oxygens (including phenoxy) is 4. The van der Waals surface area contributed by atoms with E-state index < -0.39 is 5.79 Å². The first-order valence-corrected chi connectivity index (χ1v) is 25.2. The second-order valence-electron chi connectivity index (χ2n) is 17.7. The summed E-state index contributed by atoms with van der Waals surface area (Å²) in [6, 6.07) is 0. The van der Waals surface area contributed by atoms with Gasteiger partial charge in [-0.05, 0) is 77.8 Å². The van der Waals surface area contributed by atoms with Gasteiger partial charge < -0.3 is 23.8 Å². The highest BCUT2D eigenvalue weighted by Gasteiger charge is 2.40. The molecule has 0 aromatic rings. The fraction of sp³-hybridized carbons (Fsp3) is 0.960. The molecule has 0 amide bonds. The van der Waals surface area contributed by atoms with Crippen molar-refractivity contribution in [2.45, 2.75) is 277 Å². The number of hydrogen-bond donors (Lipinski definition) is 0. The van der Waals surface area contributed by atoms with Gasteiger partial charge in [-0.3, -0.25) is 9.59 Å². The van der Waals surface area contributed by atoms with Gasteiger partial charge in [0.1, 0.15) is 6.10 Å². The summed E-state index contributed by atoms with van der Waals surface area (Å²) in [6.45, 7) is 12.3. The van der Waals surface area contributed by atoms with E-state index in [9.17, 15) is 9.59 Å². The first-order chi connectivity index (χ1) is 27.9. The van der Waals surface area contributed by atoms with E-state index in [-0.39, 0.29) is 24.1 Å². The predicted molar refractivity (Wildman–Crippen MR) is 241 cm³/mol. The Morgan fingerprint density at radius 3 is 1.54 bits per heavy atom. The third kappa shape index (κ3) is 32.3. The highest BCUT2D eigenvalue weighted by Crippen LogP contribution is 2.35. The lowest BCUT2D eigenvalue weighted by Crippen LogP contribution is -2.32. The van der Waals surface area contributed by atoms with Crippen molar-refractivity contribution in [3.05, 3.63) is 0 Å². The summed E-state index contributed by atoms with van der Waals surface area (Å²) in [5.41, 5.74) is 0. The van der Waals surface area contributed by atoms with Crippen molar-refractivity contribution in [2.75, 3.05) is 33.4 Å². The van der Waals surface area contributed by atoms with Crippen molar-refractivity contribution in [3.8, 4) is 0 Å². The molecule has 1 aliphatic heterocycles. The summed E-state index contributed by atoms with van der Waals surface area (Å²) < 4.78 is 24.8. The summed E-state index contributed by atoms with van der Waals surface area (Å²) in [7, 11) is 2.16. The average molecular weight is 808 g/mol. The van der Waals surface area contributed by atoms with Gasteiger partial charge in [0.25, 0.3) is 0 Å². The van der Waals surface area contributed by atoms with Gasteiger partial charge in [-0.15, -0.1) is 0 Å². The SMILES string of the molecule is CCCCCCCCCCCOC(=O)CCCCCC1(CCCCCCCC(=O)OC(CCCCCCCC)CCCCCCCC)OCC(CCN(C)CC)O1. The van der Waals surface area contributed by atoms with Gasteiger partial charge >= 0.3 is 11.9 Å². The fourth-order valence-corrected chi connectivity index (χ4v) is 8.19. The highest BCUT2D eigenvalue weighted by molar-refractivity contribution is 5.69. The largest absolute Gasteiger partial charge is 0.466 e. The van der Waals surface area contributed by atoms with E-state index in [1.807, 2.05) is 0 Å². The van der Waals surface area contributed by atoms with Crippen molar-refractivity contribution in [1.29, 1.82) is 0 Å². The third-order valence-electron chi connectivity index (χ3n) is 12.2. The van der Waals surface area contributed by atoms with Gasteiger partial charge in [-0.1, -0.05) is 169 Å². The molecular weight excluding hydrogens is 711 g/mol. The Hall–Kier alpha value is -1.18. The van der Waals surface area contributed by atoms with E-state index >= 15 is 0 Å². The number of unbranched alkanes of at least 4 members (excludes halogenated alkanes) is 24. The van der Waals surface area contributed by atoms with E-state index in [4.69, 9.17) is 18.9 Å². The van der Waals surface area contributed by atoms with Crippen LogP contribution in [0.1, 0.15) is 259 Å². The van der Waals surface area contributed by atoms with Crippen LogP contribution in [0, 0.1) is 0 Å². The molecule has 2 unspecified atom stereocenters. The Bertz CT molecular complexity index is 884. The summed E-state index contributed by atoms with van der Waals surface area (Å²) >= 11 is 0. The molecular formula is C50H97NO6. The lowest BCUT2D eigenvalue weighted by molar-refractivity contribution is -0.180. The quantitative estimate of drug-likeness (QED) is 0.0449. The van der Waals surface area contributed by atoms with Crippen molar-refractivity contribution < 1.29 is 28.5 Å². The molecule has 0 N–H and O–H groups in total. The second kappa shape index (κ2) is 39.0. The smallest absolute Gasteiger partial charge is 0.306 e. The molecule has 1 rings (SSSR count). The molecule has 2 atom stereocenters. The van der Waals surface area contributed by atoms with Crippen LogP contribution in [0.4, 0.5) is 0 Å². The third-order valence-corrected chi connectivity index (χ3v) is 12.2. The molecule has 1 fully saturated rings. The highest BCUT2D eigenvalue weighted by atomic mass is 16.7. The zero-order chi connectivity index (χ0) is 41.5. The maximum absolute atomic E-state index is 12.9. The number of carbonyl (C=O) groups excluding carboxylic acids is 2. The predicted octanol–water partition coefficient (Wildman–Crippen LogP) is 14.6. The van der Waals surface area contributed by atoms with Crippen LogP contribution in [0.3, 0.4) is 0 Å². The summed E-state index contributed by atoms with van der Waals surface area (Å²) in [4.78, 5) is 27.5. The van der Waals surface area contributed by atoms with Crippen LogP contribution in [0.25, 0.3) is 0 Å². The monoisotopic (exact) mass is 808 g/mol. The fourth-order valence-electron chi connectivity index (χ4n) is 8.19. The normalized spacial score (nSPS) is 16.9. The molecule has 1 saturated heterocycles. The second-order valence-corrected chi connectivity index (χ2v) is 17.7. The summed E-state index contributed by atoms with van der Waals surface area (Å²) in [6.07, 6.45) is 41.0. The molecule has 0 aliphatic carbocycles. The average Bonchev–Trinajstić information content (AvgIpc) is 3.62. The van der Waals surface area contributed by atoms with Crippen LogP contribution in [-0.4, -0.2) is 68.2 Å². The lowest BCUT2D eigenvalue weighted by atomic mass is 9.99. The minimum absolute atomic E-state index is 0.00972. The Kier molecular flexibility index (Phi) is 36.8. The molecule has 338 valence electrons.